The van der Waals surface area contributed by atoms with Crippen LogP contribution >= 0.6 is 0 Å². The largest absolute Gasteiger partial charge is 0.316 e. The van der Waals surface area contributed by atoms with Crippen molar-refractivity contribution in [1.82, 2.24) is 15.1 Å². The Morgan fingerprint density at radius 1 is 1.21 bits per heavy atom. The van der Waals surface area contributed by atoms with E-state index in [0.29, 0.717) is 0 Å². The maximum atomic E-state index is 3.22. The molecular weight excluding hydrogens is 234 g/mol. The summed E-state index contributed by atoms with van der Waals surface area (Å²) in [5.74, 6) is 0. The Kier molecular flexibility index (Phi) is 4.16. The molecule has 0 radical (unpaired) electrons. The first-order valence-corrected chi connectivity index (χ1v) is 7.54. The van der Waals surface area contributed by atoms with Crippen LogP contribution in [0.5, 0.6) is 0 Å². The first-order valence-electron chi connectivity index (χ1n) is 7.54. The minimum atomic E-state index is 0.828. The molecule has 3 nitrogen and oxygen atoms in total. The third-order valence-electron chi connectivity index (χ3n) is 4.45. The van der Waals surface area contributed by atoms with Gasteiger partial charge in [-0.2, -0.15) is 0 Å². The van der Waals surface area contributed by atoms with Crippen molar-refractivity contribution < 1.29 is 0 Å². The SMILES string of the molecule is CNCc1cccc(CN2CCN3CCCC3C2)c1. The Morgan fingerprint density at radius 2 is 2.11 bits per heavy atom. The number of nitrogens with one attached hydrogen (secondary N) is 1. The maximum Gasteiger partial charge on any atom is 0.0235 e. The number of fused-ring (bicyclic) bond motifs is 1. The number of hydrogen-bond donors (Lipinski definition) is 1. The van der Waals surface area contributed by atoms with Gasteiger partial charge in [0.05, 0.1) is 0 Å². The summed E-state index contributed by atoms with van der Waals surface area (Å²) in [4.78, 5) is 5.30. The van der Waals surface area contributed by atoms with E-state index in [0.717, 1.165) is 19.1 Å². The molecule has 0 amide bonds. The summed E-state index contributed by atoms with van der Waals surface area (Å²) in [6, 6.07) is 9.83. The third-order valence-corrected chi connectivity index (χ3v) is 4.45. The summed E-state index contributed by atoms with van der Waals surface area (Å²) >= 11 is 0. The second kappa shape index (κ2) is 6.04. The lowest BCUT2D eigenvalue weighted by Gasteiger charge is -2.37. The highest BCUT2D eigenvalue weighted by molar-refractivity contribution is 5.23. The first-order chi connectivity index (χ1) is 9.35. The molecule has 0 spiro atoms. The number of benzene rings is 1. The lowest BCUT2D eigenvalue weighted by atomic mass is 10.1. The van der Waals surface area contributed by atoms with Crippen molar-refractivity contribution in [2.45, 2.75) is 32.0 Å². The first kappa shape index (κ1) is 13.1. The van der Waals surface area contributed by atoms with Crippen LogP contribution in [0.25, 0.3) is 0 Å². The van der Waals surface area contributed by atoms with Crippen LogP contribution in [0.1, 0.15) is 24.0 Å². The topological polar surface area (TPSA) is 18.5 Å². The van der Waals surface area contributed by atoms with Gasteiger partial charge in [-0.1, -0.05) is 24.3 Å². The molecule has 0 bridgehead atoms. The standard InChI is InChI=1S/C16H25N3/c1-17-11-14-4-2-5-15(10-14)12-18-8-9-19-7-3-6-16(19)13-18/h2,4-5,10,16-17H,3,6-9,11-13H2,1H3. The minimum absolute atomic E-state index is 0.828. The van der Waals surface area contributed by atoms with Gasteiger partial charge in [-0.05, 0) is 37.6 Å². The highest BCUT2D eigenvalue weighted by Gasteiger charge is 2.30. The highest BCUT2D eigenvalue weighted by Crippen LogP contribution is 2.22. The van der Waals surface area contributed by atoms with Crippen molar-refractivity contribution in [3.8, 4) is 0 Å². The van der Waals surface area contributed by atoms with E-state index in [-0.39, 0.29) is 0 Å². The fraction of sp³-hybridized carbons (Fsp3) is 0.625. The molecule has 2 aliphatic rings. The molecule has 2 heterocycles. The monoisotopic (exact) mass is 259 g/mol. The minimum Gasteiger partial charge on any atom is -0.316 e. The van der Waals surface area contributed by atoms with E-state index in [1.54, 1.807) is 0 Å². The molecule has 104 valence electrons. The molecule has 1 aromatic carbocycles. The number of piperazine rings is 1. The molecule has 0 saturated carbocycles. The fourth-order valence-corrected chi connectivity index (χ4v) is 3.50. The second-order valence-electron chi connectivity index (χ2n) is 5.92. The lowest BCUT2D eigenvalue weighted by Crippen LogP contribution is -2.49. The molecule has 19 heavy (non-hydrogen) atoms. The quantitative estimate of drug-likeness (QED) is 0.887. The van der Waals surface area contributed by atoms with E-state index < -0.39 is 0 Å². The summed E-state index contributed by atoms with van der Waals surface area (Å²) in [5, 5.41) is 3.22. The molecular formula is C16H25N3. The van der Waals surface area contributed by atoms with E-state index in [1.807, 2.05) is 7.05 Å². The van der Waals surface area contributed by atoms with Crippen molar-refractivity contribution in [2.75, 3.05) is 33.2 Å². The van der Waals surface area contributed by atoms with Gasteiger partial charge in [-0.25, -0.2) is 0 Å². The zero-order chi connectivity index (χ0) is 13.1. The van der Waals surface area contributed by atoms with Crippen LogP contribution in [0.3, 0.4) is 0 Å². The van der Waals surface area contributed by atoms with Crippen molar-refractivity contribution in [2.24, 2.45) is 0 Å². The summed E-state index contributed by atoms with van der Waals surface area (Å²) in [6.07, 6.45) is 2.80. The van der Waals surface area contributed by atoms with Gasteiger partial charge >= 0.3 is 0 Å². The van der Waals surface area contributed by atoms with E-state index in [2.05, 4.69) is 39.4 Å². The van der Waals surface area contributed by atoms with E-state index in [1.165, 1.54) is 50.1 Å². The average molecular weight is 259 g/mol. The molecule has 2 fully saturated rings. The van der Waals surface area contributed by atoms with Gasteiger partial charge in [0, 0.05) is 38.8 Å². The van der Waals surface area contributed by atoms with E-state index in [4.69, 9.17) is 0 Å². The van der Waals surface area contributed by atoms with E-state index >= 15 is 0 Å². The molecule has 2 saturated heterocycles. The van der Waals surface area contributed by atoms with Crippen molar-refractivity contribution >= 4 is 0 Å². The summed E-state index contributed by atoms with van der Waals surface area (Å²) in [5.41, 5.74) is 2.85. The van der Waals surface area contributed by atoms with Gasteiger partial charge in [-0.15, -0.1) is 0 Å². The molecule has 3 heteroatoms. The lowest BCUT2D eigenvalue weighted by molar-refractivity contribution is 0.0993. The number of hydrogen-bond acceptors (Lipinski definition) is 3. The third kappa shape index (κ3) is 3.16. The van der Waals surface area contributed by atoms with Crippen molar-refractivity contribution in [3.63, 3.8) is 0 Å². The van der Waals surface area contributed by atoms with Crippen LogP contribution in [-0.2, 0) is 13.1 Å². The Bertz CT molecular complexity index is 418. The van der Waals surface area contributed by atoms with Gasteiger partial charge in [0.15, 0.2) is 0 Å². The summed E-state index contributed by atoms with van der Waals surface area (Å²) in [6.45, 7) is 7.16. The molecule has 1 N–H and O–H groups in total. The molecule has 2 aliphatic heterocycles. The average Bonchev–Trinajstić information content (AvgIpc) is 2.87. The predicted molar refractivity (Wildman–Crippen MR) is 79.1 cm³/mol. The molecule has 3 rings (SSSR count). The fourth-order valence-electron chi connectivity index (χ4n) is 3.50. The van der Waals surface area contributed by atoms with Crippen molar-refractivity contribution in [3.05, 3.63) is 35.4 Å². The highest BCUT2D eigenvalue weighted by atomic mass is 15.3. The number of nitrogens with zero attached hydrogens (tertiary/aromatic N) is 2. The van der Waals surface area contributed by atoms with Gasteiger partial charge < -0.3 is 5.32 Å². The van der Waals surface area contributed by atoms with E-state index in [9.17, 15) is 0 Å². The van der Waals surface area contributed by atoms with Crippen LogP contribution in [-0.4, -0.2) is 49.1 Å². The summed E-state index contributed by atoms with van der Waals surface area (Å²) in [7, 11) is 2.01. The van der Waals surface area contributed by atoms with Gasteiger partial charge in [0.2, 0.25) is 0 Å². The van der Waals surface area contributed by atoms with Gasteiger partial charge in [-0.3, -0.25) is 9.80 Å². The van der Waals surface area contributed by atoms with Crippen LogP contribution in [0.4, 0.5) is 0 Å². The zero-order valence-electron chi connectivity index (χ0n) is 11.9. The molecule has 0 aliphatic carbocycles. The predicted octanol–water partition coefficient (Wildman–Crippen LogP) is 1.69. The Balaban J connectivity index is 1.60. The van der Waals surface area contributed by atoms with Crippen LogP contribution in [0, 0.1) is 0 Å². The second-order valence-corrected chi connectivity index (χ2v) is 5.92. The van der Waals surface area contributed by atoms with Crippen LogP contribution in [0.15, 0.2) is 24.3 Å². The Hall–Kier alpha value is -0.900. The Morgan fingerprint density at radius 3 is 3.00 bits per heavy atom. The smallest absolute Gasteiger partial charge is 0.0235 e. The van der Waals surface area contributed by atoms with Crippen LogP contribution in [0.2, 0.25) is 0 Å². The van der Waals surface area contributed by atoms with Gasteiger partial charge in [0.1, 0.15) is 0 Å². The molecule has 0 aromatic heterocycles. The molecule has 1 unspecified atom stereocenters. The van der Waals surface area contributed by atoms with Crippen molar-refractivity contribution in [1.29, 1.82) is 0 Å². The zero-order valence-corrected chi connectivity index (χ0v) is 11.9. The van der Waals surface area contributed by atoms with Crippen LogP contribution < -0.4 is 5.32 Å². The normalized spacial score (nSPS) is 24.6. The van der Waals surface area contributed by atoms with Gasteiger partial charge in [0.25, 0.3) is 0 Å². The molecule has 1 aromatic rings. The number of rotatable bonds is 4. The molecule has 1 atom stereocenters. The Labute approximate surface area is 116 Å². The summed E-state index contributed by atoms with van der Waals surface area (Å²) < 4.78 is 0. The maximum absolute atomic E-state index is 3.22.